The molecule has 1 fully saturated rings. The predicted octanol–water partition coefficient (Wildman–Crippen LogP) is 2.40. The number of aliphatic hydroxyl groups excluding tert-OH is 1. The lowest BCUT2D eigenvalue weighted by molar-refractivity contribution is 0.155. The van der Waals surface area contributed by atoms with Crippen molar-refractivity contribution in [3.05, 3.63) is 29.8 Å². The van der Waals surface area contributed by atoms with Crippen molar-refractivity contribution in [1.29, 1.82) is 0 Å². The van der Waals surface area contributed by atoms with Crippen molar-refractivity contribution in [2.75, 3.05) is 53.6 Å². The highest BCUT2D eigenvalue weighted by molar-refractivity contribution is 14.0. The number of nitrogens with one attached hydrogen (secondary N) is 2. The first-order valence-corrected chi connectivity index (χ1v) is 10.2. The van der Waals surface area contributed by atoms with Gasteiger partial charge in [0.2, 0.25) is 0 Å². The van der Waals surface area contributed by atoms with Crippen LogP contribution in [0.5, 0.6) is 5.75 Å². The molecular weight excluding hydrogens is 483 g/mol. The fourth-order valence-corrected chi connectivity index (χ4v) is 3.36. The molecule has 1 aromatic carbocycles. The van der Waals surface area contributed by atoms with E-state index in [0.717, 1.165) is 69.3 Å². The molecule has 0 bridgehead atoms. The van der Waals surface area contributed by atoms with Crippen LogP contribution in [0.2, 0.25) is 0 Å². The van der Waals surface area contributed by atoms with Crippen molar-refractivity contribution in [1.82, 2.24) is 15.5 Å². The smallest absolute Gasteiger partial charge is 0.191 e. The van der Waals surface area contributed by atoms with Gasteiger partial charge in [0.15, 0.2) is 5.96 Å². The molecular formula is C21H37IN4O3. The second-order valence-corrected chi connectivity index (χ2v) is 7.12. The van der Waals surface area contributed by atoms with Crippen LogP contribution in [-0.4, -0.2) is 75.6 Å². The molecule has 1 aliphatic rings. The fourth-order valence-electron chi connectivity index (χ4n) is 3.36. The fraction of sp³-hybridized carbons (Fsp3) is 0.667. The van der Waals surface area contributed by atoms with Gasteiger partial charge in [-0.05, 0) is 43.9 Å². The molecule has 3 N–H and O–H groups in total. The van der Waals surface area contributed by atoms with Gasteiger partial charge >= 0.3 is 0 Å². The van der Waals surface area contributed by atoms with Crippen LogP contribution in [0.15, 0.2) is 29.3 Å². The van der Waals surface area contributed by atoms with Crippen molar-refractivity contribution in [3.63, 3.8) is 0 Å². The maximum atomic E-state index is 10.4. The summed E-state index contributed by atoms with van der Waals surface area (Å²) >= 11 is 0. The predicted molar refractivity (Wildman–Crippen MR) is 128 cm³/mol. The summed E-state index contributed by atoms with van der Waals surface area (Å²) in [6, 6.07) is 7.87. The van der Waals surface area contributed by atoms with E-state index in [0.29, 0.717) is 12.6 Å². The van der Waals surface area contributed by atoms with E-state index < -0.39 is 6.10 Å². The molecule has 0 radical (unpaired) electrons. The van der Waals surface area contributed by atoms with Gasteiger partial charge in [0.1, 0.15) is 5.75 Å². The Morgan fingerprint density at radius 2 is 1.93 bits per heavy atom. The average Bonchev–Trinajstić information content (AvgIpc) is 2.73. The molecule has 0 spiro atoms. The number of piperidine rings is 1. The molecule has 0 aliphatic carbocycles. The van der Waals surface area contributed by atoms with E-state index in [9.17, 15) is 5.11 Å². The Hall–Kier alpha value is -1.10. The van der Waals surface area contributed by atoms with Crippen molar-refractivity contribution in [2.24, 2.45) is 4.99 Å². The molecule has 1 heterocycles. The Labute approximate surface area is 192 Å². The van der Waals surface area contributed by atoms with Gasteiger partial charge in [0, 0.05) is 45.9 Å². The van der Waals surface area contributed by atoms with Gasteiger partial charge < -0.3 is 30.1 Å². The lowest BCUT2D eigenvalue weighted by atomic mass is 10.1. The number of halogens is 1. The molecule has 2 rings (SSSR count). The number of hydrogen-bond acceptors (Lipinski definition) is 5. The molecule has 1 unspecified atom stereocenters. The average molecular weight is 520 g/mol. The molecule has 0 amide bonds. The highest BCUT2D eigenvalue weighted by Crippen LogP contribution is 2.18. The molecule has 1 atom stereocenters. The first-order chi connectivity index (χ1) is 13.7. The number of ether oxygens (including phenoxy) is 2. The number of aliphatic imine (C=N–C) groups is 1. The van der Waals surface area contributed by atoms with E-state index >= 15 is 0 Å². The van der Waals surface area contributed by atoms with Crippen molar-refractivity contribution in [3.8, 4) is 5.75 Å². The molecule has 1 aliphatic heterocycles. The summed E-state index contributed by atoms with van der Waals surface area (Å²) in [5.74, 6) is 1.55. The van der Waals surface area contributed by atoms with Crippen LogP contribution < -0.4 is 15.4 Å². The van der Waals surface area contributed by atoms with E-state index in [-0.39, 0.29) is 24.0 Å². The van der Waals surface area contributed by atoms with Crippen LogP contribution in [0, 0.1) is 0 Å². The molecule has 29 heavy (non-hydrogen) atoms. The van der Waals surface area contributed by atoms with Crippen LogP contribution in [0.1, 0.15) is 37.9 Å². The largest absolute Gasteiger partial charge is 0.497 e. The minimum absolute atomic E-state index is 0. The van der Waals surface area contributed by atoms with E-state index in [2.05, 4.69) is 27.4 Å². The van der Waals surface area contributed by atoms with E-state index in [1.807, 2.05) is 24.3 Å². The number of hydrogen-bond donors (Lipinski definition) is 3. The van der Waals surface area contributed by atoms with Crippen LogP contribution in [0.25, 0.3) is 0 Å². The minimum Gasteiger partial charge on any atom is -0.497 e. The SMILES string of the molecule is CCNC(=NCC(O)c1ccc(OC)cc1)NC1CCN(CCCOC)CC1.I. The van der Waals surface area contributed by atoms with Crippen LogP contribution in [-0.2, 0) is 4.74 Å². The third-order valence-corrected chi connectivity index (χ3v) is 5.02. The van der Waals surface area contributed by atoms with Gasteiger partial charge in [-0.15, -0.1) is 24.0 Å². The van der Waals surface area contributed by atoms with Gasteiger partial charge in [-0.3, -0.25) is 4.99 Å². The molecule has 0 saturated carbocycles. The second kappa shape index (κ2) is 14.8. The Balaban J connectivity index is 0.00000420. The molecule has 8 heteroatoms. The van der Waals surface area contributed by atoms with E-state index in [1.165, 1.54) is 0 Å². The first-order valence-electron chi connectivity index (χ1n) is 10.2. The summed E-state index contributed by atoms with van der Waals surface area (Å²) in [7, 11) is 3.39. The zero-order valence-electron chi connectivity index (χ0n) is 17.9. The van der Waals surface area contributed by atoms with Gasteiger partial charge in [-0.1, -0.05) is 12.1 Å². The zero-order valence-corrected chi connectivity index (χ0v) is 20.2. The summed E-state index contributed by atoms with van der Waals surface area (Å²) in [6.07, 6.45) is 2.64. The highest BCUT2D eigenvalue weighted by Gasteiger charge is 2.19. The van der Waals surface area contributed by atoms with Crippen molar-refractivity contribution >= 4 is 29.9 Å². The quantitative estimate of drug-likeness (QED) is 0.191. The summed E-state index contributed by atoms with van der Waals surface area (Å²) in [6.45, 7) is 7.27. The lowest BCUT2D eigenvalue weighted by Gasteiger charge is -2.33. The minimum atomic E-state index is -0.635. The summed E-state index contributed by atoms with van der Waals surface area (Å²) in [5.41, 5.74) is 0.838. The van der Waals surface area contributed by atoms with Crippen LogP contribution in [0.4, 0.5) is 0 Å². The Kier molecular flexibility index (Phi) is 13.2. The normalized spacial score (nSPS) is 16.8. The summed E-state index contributed by atoms with van der Waals surface area (Å²) in [5, 5.41) is 17.2. The monoisotopic (exact) mass is 520 g/mol. The molecule has 0 aromatic heterocycles. The Morgan fingerprint density at radius 3 is 2.52 bits per heavy atom. The number of guanidine groups is 1. The lowest BCUT2D eigenvalue weighted by Crippen LogP contribution is -2.49. The number of likely N-dealkylation sites (tertiary alicyclic amines) is 1. The van der Waals surface area contributed by atoms with E-state index in [4.69, 9.17) is 9.47 Å². The molecule has 1 aromatic rings. The zero-order chi connectivity index (χ0) is 20.2. The van der Waals surface area contributed by atoms with Crippen molar-refractivity contribution < 1.29 is 14.6 Å². The van der Waals surface area contributed by atoms with Crippen LogP contribution >= 0.6 is 24.0 Å². The van der Waals surface area contributed by atoms with Crippen molar-refractivity contribution in [2.45, 2.75) is 38.3 Å². The summed E-state index contributed by atoms with van der Waals surface area (Å²) < 4.78 is 10.3. The first kappa shape index (κ1) is 25.9. The molecule has 1 saturated heterocycles. The van der Waals surface area contributed by atoms with Crippen LogP contribution in [0.3, 0.4) is 0 Å². The second-order valence-electron chi connectivity index (χ2n) is 7.12. The summed E-state index contributed by atoms with van der Waals surface area (Å²) in [4.78, 5) is 7.08. The van der Waals surface area contributed by atoms with E-state index in [1.54, 1.807) is 14.2 Å². The van der Waals surface area contributed by atoms with Gasteiger partial charge in [0.05, 0.1) is 19.8 Å². The number of rotatable bonds is 10. The Bertz CT molecular complexity index is 578. The third-order valence-electron chi connectivity index (χ3n) is 5.02. The Morgan fingerprint density at radius 1 is 1.24 bits per heavy atom. The number of nitrogens with zero attached hydrogens (tertiary/aromatic N) is 2. The topological polar surface area (TPSA) is 78.4 Å². The standard InChI is InChI=1S/C21H36N4O3.HI/c1-4-22-21(23-16-20(26)17-6-8-19(28-3)9-7-17)24-18-10-13-25(14-11-18)12-5-15-27-2;/h6-9,18,20,26H,4-5,10-16H2,1-3H3,(H2,22,23,24);1H. The van der Waals surface area contributed by atoms with Gasteiger partial charge in [0.25, 0.3) is 0 Å². The maximum absolute atomic E-state index is 10.4. The number of aliphatic hydroxyl groups is 1. The number of benzene rings is 1. The number of methoxy groups -OCH3 is 2. The molecule has 166 valence electrons. The molecule has 7 nitrogen and oxygen atoms in total. The highest BCUT2D eigenvalue weighted by atomic mass is 127. The van der Waals surface area contributed by atoms with Gasteiger partial charge in [-0.25, -0.2) is 0 Å². The third kappa shape index (κ3) is 9.50. The van der Waals surface area contributed by atoms with Gasteiger partial charge in [-0.2, -0.15) is 0 Å². The maximum Gasteiger partial charge on any atom is 0.191 e.